The van der Waals surface area contributed by atoms with Gasteiger partial charge in [-0.25, -0.2) is 9.97 Å². The average molecular weight is 306 g/mol. The van der Waals surface area contributed by atoms with Gasteiger partial charge < -0.3 is 10.5 Å². The summed E-state index contributed by atoms with van der Waals surface area (Å²) in [6.45, 7) is 0. The molecule has 0 bridgehead atoms. The lowest BCUT2D eigenvalue weighted by atomic mass is 10.3. The second-order valence-corrected chi connectivity index (χ2v) is 4.92. The summed E-state index contributed by atoms with van der Waals surface area (Å²) >= 11 is 11.9. The summed E-state index contributed by atoms with van der Waals surface area (Å²) in [6, 6.07) is 12.3. The van der Waals surface area contributed by atoms with Crippen molar-refractivity contribution in [2.24, 2.45) is 0 Å². The molecular formula is C14H9Cl2N3O. The third-order valence-corrected chi connectivity index (χ3v) is 3.19. The Balaban J connectivity index is 2.03. The minimum absolute atomic E-state index is 0.203. The minimum atomic E-state index is 0.203. The quantitative estimate of drug-likeness (QED) is 0.766. The van der Waals surface area contributed by atoms with Crippen molar-refractivity contribution in [2.45, 2.75) is 0 Å². The molecule has 0 saturated carbocycles. The lowest BCUT2D eigenvalue weighted by Crippen LogP contribution is -1.99. The number of nitrogens with two attached hydrogens (primary N) is 1. The summed E-state index contributed by atoms with van der Waals surface area (Å²) in [5.74, 6) is 0.843. The van der Waals surface area contributed by atoms with Crippen molar-refractivity contribution >= 4 is 40.1 Å². The molecule has 0 aliphatic rings. The van der Waals surface area contributed by atoms with Gasteiger partial charge in [0.05, 0.1) is 16.1 Å². The maximum atomic E-state index is 6.05. The molecule has 0 saturated heterocycles. The molecular weight excluding hydrogens is 297 g/mol. The number of ether oxygens (including phenoxy) is 1. The molecule has 2 N–H and O–H groups in total. The molecule has 0 aliphatic heterocycles. The van der Waals surface area contributed by atoms with E-state index < -0.39 is 0 Å². The zero-order valence-electron chi connectivity index (χ0n) is 10.2. The molecule has 3 aromatic rings. The Labute approximate surface area is 125 Å². The maximum Gasteiger partial charge on any atom is 0.263 e. The molecule has 6 heteroatoms. The third-order valence-electron chi connectivity index (χ3n) is 2.66. The van der Waals surface area contributed by atoms with Crippen LogP contribution >= 0.6 is 23.2 Å². The van der Waals surface area contributed by atoms with Crippen LogP contribution in [-0.4, -0.2) is 9.97 Å². The number of hydrogen-bond donors (Lipinski definition) is 1. The van der Waals surface area contributed by atoms with Crippen molar-refractivity contribution in [3.63, 3.8) is 0 Å². The number of benzene rings is 2. The largest absolute Gasteiger partial charge is 0.434 e. The number of fused-ring (bicyclic) bond motifs is 1. The van der Waals surface area contributed by atoms with Gasteiger partial charge in [-0.2, -0.15) is 0 Å². The van der Waals surface area contributed by atoms with Crippen LogP contribution in [0.5, 0.6) is 11.6 Å². The number of nitrogens with zero attached hydrogens (tertiary/aromatic N) is 2. The Morgan fingerprint density at radius 3 is 2.35 bits per heavy atom. The van der Waals surface area contributed by atoms with Crippen LogP contribution in [0.2, 0.25) is 10.0 Å². The standard InChI is InChI=1S/C14H9Cl2N3O/c15-8-5-6-12(9(16)7-8)20-14-13(17)18-10-3-1-2-4-11(10)19-14/h1-7H,(H2,17,18). The predicted molar refractivity (Wildman–Crippen MR) is 80.5 cm³/mol. The maximum absolute atomic E-state index is 6.05. The fraction of sp³-hybridized carbons (Fsp3) is 0. The van der Waals surface area contributed by atoms with Gasteiger partial charge in [-0.1, -0.05) is 35.3 Å². The zero-order chi connectivity index (χ0) is 14.1. The molecule has 2 aromatic carbocycles. The van der Waals surface area contributed by atoms with Gasteiger partial charge in [-0.15, -0.1) is 0 Å². The fourth-order valence-electron chi connectivity index (χ4n) is 1.73. The van der Waals surface area contributed by atoms with E-state index in [-0.39, 0.29) is 11.7 Å². The first-order valence-corrected chi connectivity index (χ1v) is 6.54. The van der Waals surface area contributed by atoms with E-state index in [0.717, 1.165) is 0 Å². The Morgan fingerprint density at radius 1 is 0.950 bits per heavy atom. The van der Waals surface area contributed by atoms with Crippen LogP contribution < -0.4 is 10.5 Å². The third kappa shape index (κ3) is 2.48. The fourth-order valence-corrected chi connectivity index (χ4v) is 2.18. The number of halogens is 2. The predicted octanol–water partition coefficient (Wildman–Crippen LogP) is 4.31. The van der Waals surface area contributed by atoms with Crippen LogP contribution in [-0.2, 0) is 0 Å². The Kier molecular flexibility index (Phi) is 3.34. The molecule has 0 spiro atoms. The number of hydrogen-bond acceptors (Lipinski definition) is 4. The van der Waals surface area contributed by atoms with Crippen molar-refractivity contribution in [2.75, 3.05) is 5.73 Å². The summed E-state index contributed by atoms with van der Waals surface area (Å²) in [5, 5.41) is 0.909. The molecule has 3 rings (SSSR count). The highest BCUT2D eigenvalue weighted by molar-refractivity contribution is 6.35. The van der Waals surface area contributed by atoms with Gasteiger partial charge >= 0.3 is 0 Å². The summed E-state index contributed by atoms with van der Waals surface area (Å²) in [5.41, 5.74) is 7.25. The molecule has 100 valence electrons. The van der Waals surface area contributed by atoms with Crippen molar-refractivity contribution in [1.82, 2.24) is 9.97 Å². The van der Waals surface area contributed by atoms with E-state index in [1.807, 2.05) is 24.3 Å². The molecule has 0 fully saturated rings. The summed E-state index contributed by atoms with van der Waals surface area (Å²) in [6.07, 6.45) is 0. The zero-order valence-corrected chi connectivity index (χ0v) is 11.7. The van der Waals surface area contributed by atoms with Gasteiger partial charge in [-0.05, 0) is 30.3 Å². The van der Waals surface area contributed by atoms with Crippen LogP contribution in [0.15, 0.2) is 42.5 Å². The summed E-state index contributed by atoms with van der Waals surface area (Å²) in [7, 11) is 0. The molecule has 0 atom stereocenters. The normalized spacial score (nSPS) is 10.7. The van der Waals surface area contributed by atoms with Gasteiger partial charge in [-0.3, -0.25) is 0 Å². The lowest BCUT2D eigenvalue weighted by Gasteiger charge is -2.09. The number of anilines is 1. The molecule has 0 aliphatic carbocycles. The first-order chi connectivity index (χ1) is 9.63. The first-order valence-electron chi connectivity index (χ1n) is 5.78. The van der Waals surface area contributed by atoms with Crippen LogP contribution in [0.25, 0.3) is 11.0 Å². The second-order valence-electron chi connectivity index (χ2n) is 4.08. The number of nitrogen functional groups attached to an aromatic ring is 1. The monoisotopic (exact) mass is 305 g/mol. The van der Waals surface area contributed by atoms with Crippen molar-refractivity contribution in [3.05, 3.63) is 52.5 Å². The Morgan fingerprint density at radius 2 is 1.65 bits per heavy atom. The van der Waals surface area contributed by atoms with E-state index in [0.29, 0.717) is 26.8 Å². The van der Waals surface area contributed by atoms with Gasteiger partial charge in [0.2, 0.25) is 0 Å². The SMILES string of the molecule is Nc1nc2ccccc2nc1Oc1ccc(Cl)cc1Cl. The van der Waals surface area contributed by atoms with Crippen LogP contribution in [0.4, 0.5) is 5.82 Å². The van der Waals surface area contributed by atoms with E-state index in [9.17, 15) is 0 Å². The van der Waals surface area contributed by atoms with Crippen molar-refractivity contribution in [1.29, 1.82) is 0 Å². The first kappa shape index (κ1) is 13.0. The molecule has 0 amide bonds. The Hall–Kier alpha value is -2.04. The Bertz CT molecular complexity index is 792. The van der Waals surface area contributed by atoms with Crippen molar-refractivity contribution < 1.29 is 4.74 Å². The van der Waals surface area contributed by atoms with E-state index in [4.69, 9.17) is 33.7 Å². The highest BCUT2D eigenvalue weighted by Crippen LogP contribution is 2.33. The van der Waals surface area contributed by atoms with E-state index >= 15 is 0 Å². The molecule has 0 radical (unpaired) electrons. The lowest BCUT2D eigenvalue weighted by molar-refractivity contribution is 0.466. The molecule has 0 unspecified atom stereocenters. The number of para-hydroxylation sites is 2. The summed E-state index contributed by atoms with van der Waals surface area (Å²) in [4.78, 5) is 8.57. The van der Waals surface area contributed by atoms with Crippen LogP contribution in [0.3, 0.4) is 0 Å². The van der Waals surface area contributed by atoms with Crippen LogP contribution in [0, 0.1) is 0 Å². The van der Waals surface area contributed by atoms with Gasteiger partial charge in [0, 0.05) is 5.02 Å². The molecule has 20 heavy (non-hydrogen) atoms. The molecule has 1 heterocycles. The topological polar surface area (TPSA) is 61.0 Å². The molecule has 4 nitrogen and oxygen atoms in total. The molecule has 1 aromatic heterocycles. The van der Waals surface area contributed by atoms with Gasteiger partial charge in [0.1, 0.15) is 5.75 Å². The smallest absolute Gasteiger partial charge is 0.263 e. The van der Waals surface area contributed by atoms with Gasteiger partial charge in [0.25, 0.3) is 5.88 Å². The van der Waals surface area contributed by atoms with E-state index in [1.54, 1.807) is 18.2 Å². The highest BCUT2D eigenvalue weighted by Gasteiger charge is 2.10. The number of rotatable bonds is 2. The minimum Gasteiger partial charge on any atom is -0.434 e. The highest BCUT2D eigenvalue weighted by atomic mass is 35.5. The van der Waals surface area contributed by atoms with E-state index in [2.05, 4.69) is 9.97 Å². The van der Waals surface area contributed by atoms with Gasteiger partial charge in [0.15, 0.2) is 5.82 Å². The van der Waals surface area contributed by atoms with E-state index in [1.165, 1.54) is 0 Å². The summed E-state index contributed by atoms with van der Waals surface area (Å²) < 4.78 is 5.61. The van der Waals surface area contributed by atoms with Crippen LogP contribution in [0.1, 0.15) is 0 Å². The van der Waals surface area contributed by atoms with Crippen molar-refractivity contribution in [3.8, 4) is 11.6 Å². The number of aromatic nitrogens is 2. The average Bonchev–Trinajstić information content (AvgIpc) is 2.42. The second kappa shape index (κ2) is 5.15.